The van der Waals surface area contributed by atoms with E-state index in [1.165, 1.54) is 0 Å². The number of nitrogens with zero attached hydrogens (tertiary/aromatic N) is 2. The summed E-state index contributed by atoms with van der Waals surface area (Å²) < 4.78 is 2.05. The number of carbonyl (C=O) groups excluding carboxylic acids is 1. The van der Waals surface area contributed by atoms with Crippen molar-refractivity contribution in [2.75, 3.05) is 0 Å². The van der Waals surface area contributed by atoms with Crippen LogP contribution in [-0.2, 0) is 6.54 Å². The minimum Gasteiger partial charge on any atom is -0.287 e. The molecule has 3 aromatic carbocycles. The highest BCUT2D eigenvalue weighted by Gasteiger charge is 2.21. The summed E-state index contributed by atoms with van der Waals surface area (Å²) in [4.78, 5) is 12.9. The fourth-order valence-electron chi connectivity index (χ4n) is 3.26. The van der Waals surface area contributed by atoms with E-state index in [1.54, 1.807) is 12.1 Å². The van der Waals surface area contributed by atoms with Crippen molar-refractivity contribution < 1.29 is 9.36 Å². The van der Waals surface area contributed by atoms with E-state index in [0.29, 0.717) is 11.1 Å². The molecule has 0 saturated heterocycles. The third-order valence-corrected chi connectivity index (χ3v) is 4.65. The van der Waals surface area contributed by atoms with Gasteiger partial charge in [0.05, 0.1) is 11.6 Å². The van der Waals surface area contributed by atoms with Gasteiger partial charge in [-0.3, -0.25) is 4.79 Å². The molecule has 3 nitrogen and oxygen atoms in total. The van der Waals surface area contributed by atoms with Gasteiger partial charge in [0.1, 0.15) is 0 Å². The van der Waals surface area contributed by atoms with E-state index in [2.05, 4.69) is 12.1 Å². The second-order valence-electron chi connectivity index (χ2n) is 6.34. The van der Waals surface area contributed by atoms with Crippen molar-refractivity contribution in [1.29, 1.82) is 5.26 Å². The first-order chi connectivity index (χ1) is 13.3. The van der Waals surface area contributed by atoms with Crippen LogP contribution in [0.15, 0.2) is 91.0 Å². The molecule has 0 bridgehead atoms. The van der Waals surface area contributed by atoms with Crippen molar-refractivity contribution in [2.45, 2.75) is 6.54 Å². The van der Waals surface area contributed by atoms with Crippen LogP contribution in [0.2, 0.25) is 0 Å². The molecular weight excluding hydrogens is 332 g/mol. The highest BCUT2D eigenvalue weighted by Crippen LogP contribution is 2.20. The molecule has 0 atom stereocenters. The largest absolute Gasteiger partial charge is 0.287 e. The number of hydrogen-bond acceptors (Lipinski definition) is 2. The van der Waals surface area contributed by atoms with Crippen molar-refractivity contribution in [3.8, 4) is 17.3 Å². The molecular formula is C24H17N2O+. The van der Waals surface area contributed by atoms with Gasteiger partial charge in [0.15, 0.2) is 0 Å². The van der Waals surface area contributed by atoms with Crippen LogP contribution in [0.25, 0.3) is 22.2 Å². The topological polar surface area (TPSA) is 44.7 Å². The average molecular weight is 349 g/mol. The normalized spacial score (nSPS) is 10.5. The zero-order chi connectivity index (χ0) is 18.6. The van der Waals surface area contributed by atoms with E-state index in [4.69, 9.17) is 5.26 Å². The summed E-state index contributed by atoms with van der Waals surface area (Å²) in [5.74, 6) is 0.0619. The highest BCUT2D eigenvalue weighted by atomic mass is 16.1. The number of ketones is 1. The van der Waals surface area contributed by atoms with Crippen molar-refractivity contribution in [3.05, 3.63) is 102 Å². The molecule has 0 amide bonds. The molecule has 128 valence electrons. The maximum atomic E-state index is 12.9. The van der Waals surface area contributed by atoms with Gasteiger partial charge >= 0.3 is 0 Å². The SMILES string of the molecule is N#Cc1ccc(-c2ccc3ccccc3[n+]2CC(=O)c2ccccc2)cc1. The van der Waals surface area contributed by atoms with E-state index in [-0.39, 0.29) is 12.3 Å². The summed E-state index contributed by atoms with van der Waals surface area (Å²) in [7, 11) is 0. The van der Waals surface area contributed by atoms with Gasteiger partial charge in [0.25, 0.3) is 0 Å². The minimum absolute atomic E-state index is 0.0619. The third-order valence-electron chi connectivity index (χ3n) is 4.65. The van der Waals surface area contributed by atoms with Gasteiger partial charge in [-0.1, -0.05) is 42.5 Å². The van der Waals surface area contributed by atoms with Crippen LogP contribution < -0.4 is 4.57 Å². The summed E-state index contributed by atoms with van der Waals surface area (Å²) in [5, 5.41) is 10.1. The van der Waals surface area contributed by atoms with Crippen molar-refractivity contribution in [1.82, 2.24) is 0 Å². The van der Waals surface area contributed by atoms with E-state index in [0.717, 1.165) is 22.2 Å². The Labute approximate surface area is 157 Å². The molecule has 0 spiro atoms. The Kier molecular flexibility index (Phi) is 4.47. The molecule has 0 aliphatic carbocycles. The van der Waals surface area contributed by atoms with Crippen LogP contribution in [0.3, 0.4) is 0 Å². The fourth-order valence-corrected chi connectivity index (χ4v) is 3.26. The van der Waals surface area contributed by atoms with Crippen LogP contribution >= 0.6 is 0 Å². The Morgan fingerprint density at radius 3 is 2.26 bits per heavy atom. The molecule has 0 saturated carbocycles. The standard InChI is InChI=1S/C24H17N2O/c25-16-18-10-12-20(13-11-18)23-15-14-19-6-4-5-9-22(19)26(23)17-24(27)21-7-2-1-3-8-21/h1-15H,17H2/q+1. The van der Waals surface area contributed by atoms with Gasteiger partial charge in [-0.05, 0) is 36.4 Å². The number of para-hydroxylation sites is 1. The fraction of sp³-hybridized carbons (Fsp3) is 0.0417. The van der Waals surface area contributed by atoms with Crippen molar-refractivity contribution >= 4 is 16.7 Å². The van der Waals surface area contributed by atoms with Crippen LogP contribution in [0.4, 0.5) is 0 Å². The predicted octanol–water partition coefficient (Wildman–Crippen LogP) is 4.55. The summed E-state index contributed by atoms with van der Waals surface area (Å²) in [6.07, 6.45) is 0. The lowest BCUT2D eigenvalue weighted by atomic mass is 10.1. The minimum atomic E-state index is 0.0619. The number of nitriles is 1. The molecule has 0 unspecified atom stereocenters. The molecule has 0 fully saturated rings. The first-order valence-corrected chi connectivity index (χ1v) is 8.76. The maximum absolute atomic E-state index is 12.9. The monoisotopic (exact) mass is 349 g/mol. The molecule has 0 radical (unpaired) electrons. The summed E-state index contributed by atoms with van der Waals surface area (Å²) in [5.41, 5.74) is 4.24. The Bertz CT molecular complexity index is 1160. The van der Waals surface area contributed by atoms with Crippen molar-refractivity contribution in [3.63, 3.8) is 0 Å². The molecule has 3 heteroatoms. The molecule has 0 aliphatic heterocycles. The molecule has 0 N–H and O–H groups in total. The van der Waals surface area contributed by atoms with E-state index >= 15 is 0 Å². The Balaban J connectivity index is 1.85. The van der Waals surface area contributed by atoms with Gasteiger partial charge in [-0.15, -0.1) is 0 Å². The number of benzene rings is 3. The molecule has 4 rings (SSSR count). The first-order valence-electron chi connectivity index (χ1n) is 8.76. The second kappa shape index (κ2) is 7.23. The number of aromatic nitrogens is 1. The average Bonchev–Trinajstić information content (AvgIpc) is 2.74. The van der Waals surface area contributed by atoms with Crippen LogP contribution in [0.5, 0.6) is 0 Å². The van der Waals surface area contributed by atoms with Crippen LogP contribution in [-0.4, -0.2) is 5.78 Å². The number of fused-ring (bicyclic) bond motifs is 1. The summed E-state index contributed by atoms with van der Waals surface area (Å²) in [6.45, 7) is 0.251. The summed E-state index contributed by atoms with van der Waals surface area (Å²) >= 11 is 0. The molecule has 1 aromatic heterocycles. The lowest BCUT2D eigenvalue weighted by Crippen LogP contribution is -2.41. The van der Waals surface area contributed by atoms with E-state index in [1.807, 2.05) is 77.4 Å². The first kappa shape index (κ1) is 16.7. The molecule has 0 aliphatic rings. The predicted molar refractivity (Wildman–Crippen MR) is 105 cm³/mol. The van der Waals surface area contributed by atoms with Crippen LogP contribution in [0, 0.1) is 11.3 Å². The number of carbonyl (C=O) groups is 1. The van der Waals surface area contributed by atoms with Gasteiger partial charge in [0.2, 0.25) is 23.5 Å². The van der Waals surface area contributed by atoms with E-state index in [9.17, 15) is 4.79 Å². The lowest BCUT2D eigenvalue weighted by Gasteiger charge is -2.08. The Hall–Kier alpha value is -3.77. The quantitative estimate of drug-likeness (QED) is 0.401. The third kappa shape index (κ3) is 3.33. The number of pyridine rings is 1. The molecule has 27 heavy (non-hydrogen) atoms. The zero-order valence-corrected chi connectivity index (χ0v) is 14.7. The van der Waals surface area contributed by atoms with Gasteiger partial charge in [-0.2, -0.15) is 9.83 Å². The lowest BCUT2D eigenvalue weighted by molar-refractivity contribution is -0.646. The van der Waals surface area contributed by atoms with E-state index < -0.39 is 0 Å². The van der Waals surface area contributed by atoms with Gasteiger partial charge < -0.3 is 0 Å². The van der Waals surface area contributed by atoms with Crippen LogP contribution in [0.1, 0.15) is 15.9 Å². The van der Waals surface area contributed by atoms with Gasteiger partial charge in [-0.25, -0.2) is 0 Å². The maximum Gasteiger partial charge on any atom is 0.227 e. The highest BCUT2D eigenvalue weighted by molar-refractivity contribution is 5.95. The van der Waals surface area contributed by atoms with Gasteiger partial charge in [0, 0.05) is 28.6 Å². The zero-order valence-electron chi connectivity index (χ0n) is 14.7. The number of Topliss-reactive ketones (excluding diaryl/α,β-unsaturated/α-hetero) is 1. The number of hydrogen-bond donors (Lipinski definition) is 0. The smallest absolute Gasteiger partial charge is 0.227 e. The molecule has 1 heterocycles. The number of rotatable bonds is 4. The Morgan fingerprint density at radius 2 is 1.52 bits per heavy atom. The molecule has 4 aromatic rings. The Morgan fingerprint density at radius 1 is 0.815 bits per heavy atom. The van der Waals surface area contributed by atoms with Crippen molar-refractivity contribution in [2.24, 2.45) is 0 Å². The summed E-state index contributed by atoms with van der Waals surface area (Å²) in [6, 6.07) is 31.1. The second-order valence-corrected chi connectivity index (χ2v) is 6.34.